The summed E-state index contributed by atoms with van der Waals surface area (Å²) in [6.45, 7) is 1.42. The Labute approximate surface area is 159 Å². The summed E-state index contributed by atoms with van der Waals surface area (Å²) in [5.74, 6) is 0. The summed E-state index contributed by atoms with van der Waals surface area (Å²) in [5, 5.41) is 11.3. The number of alkyl halides is 3. The average Bonchev–Trinajstić information content (AvgIpc) is 3.11. The van der Waals surface area contributed by atoms with Crippen LogP contribution in [0.5, 0.6) is 0 Å². The zero-order valence-electron chi connectivity index (χ0n) is 14.8. The van der Waals surface area contributed by atoms with Crippen molar-refractivity contribution in [2.45, 2.75) is 36.9 Å². The molecule has 6 nitrogen and oxygen atoms in total. The molecule has 1 unspecified atom stereocenters. The summed E-state index contributed by atoms with van der Waals surface area (Å²) < 4.78 is 67.8. The van der Waals surface area contributed by atoms with Crippen molar-refractivity contribution < 1.29 is 26.5 Å². The fourth-order valence-electron chi connectivity index (χ4n) is 3.62. The average molecular weight is 414 g/mol. The van der Waals surface area contributed by atoms with Gasteiger partial charge in [0.05, 0.1) is 16.5 Å². The number of nitro groups is 1. The first-order chi connectivity index (χ1) is 13.0. The molecule has 2 aromatic carbocycles. The summed E-state index contributed by atoms with van der Waals surface area (Å²) in [6, 6.07) is 7.66. The van der Waals surface area contributed by atoms with Gasteiger partial charge in [-0.2, -0.15) is 17.5 Å². The molecule has 0 aromatic heterocycles. The number of benzene rings is 2. The molecule has 0 radical (unpaired) electrons. The normalized spacial score (nSPS) is 18.4. The number of aryl methyl sites for hydroxylation is 1. The molecule has 0 N–H and O–H groups in total. The molecular weight excluding hydrogens is 397 g/mol. The first kappa shape index (κ1) is 20.3. The van der Waals surface area contributed by atoms with Gasteiger partial charge in [-0.1, -0.05) is 30.3 Å². The predicted molar refractivity (Wildman–Crippen MR) is 95.1 cm³/mol. The van der Waals surface area contributed by atoms with Crippen LogP contribution in [0.1, 0.15) is 35.6 Å². The second-order valence-electron chi connectivity index (χ2n) is 6.54. The molecule has 10 heteroatoms. The number of nitro benzene ring substituents is 1. The maximum atomic E-state index is 13.4. The highest BCUT2D eigenvalue weighted by Crippen LogP contribution is 2.43. The third-order valence-electron chi connectivity index (χ3n) is 4.78. The second kappa shape index (κ2) is 7.17. The summed E-state index contributed by atoms with van der Waals surface area (Å²) in [6.07, 6.45) is -4.08. The van der Waals surface area contributed by atoms with E-state index in [1.165, 1.54) is 37.3 Å². The van der Waals surface area contributed by atoms with Gasteiger partial charge in [0.1, 0.15) is 0 Å². The van der Waals surface area contributed by atoms with Crippen LogP contribution in [0.15, 0.2) is 47.4 Å². The molecule has 0 spiro atoms. The fourth-order valence-corrected chi connectivity index (χ4v) is 5.66. The largest absolute Gasteiger partial charge is 0.416 e. The van der Waals surface area contributed by atoms with Crippen molar-refractivity contribution in [1.29, 1.82) is 0 Å². The number of hydrogen-bond donors (Lipinski definition) is 0. The van der Waals surface area contributed by atoms with Gasteiger partial charge in [0.2, 0.25) is 0 Å². The Hall–Kier alpha value is -2.46. The minimum atomic E-state index is -4.64. The highest BCUT2D eigenvalue weighted by Gasteiger charge is 2.43. The van der Waals surface area contributed by atoms with E-state index in [9.17, 15) is 31.7 Å². The Morgan fingerprint density at radius 1 is 1.14 bits per heavy atom. The van der Waals surface area contributed by atoms with Crippen LogP contribution in [0.2, 0.25) is 0 Å². The standard InChI is InChI=1S/C18H17F3N2O4S/c1-12-6-4-9-16(23(24)25)17(12)28(26,27)22-11-5-10-15(22)13-7-2-3-8-14(13)18(19,20)21/h2-4,6-9,15H,5,10-11H2,1H3. The van der Waals surface area contributed by atoms with E-state index in [1.54, 1.807) is 0 Å². The van der Waals surface area contributed by atoms with Crippen molar-refractivity contribution in [3.05, 3.63) is 69.3 Å². The summed E-state index contributed by atoms with van der Waals surface area (Å²) in [5.41, 5.74) is -1.47. The van der Waals surface area contributed by atoms with Crippen molar-refractivity contribution in [2.75, 3.05) is 6.54 Å². The maximum absolute atomic E-state index is 13.4. The Morgan fingerprint density at radius 3 is 2.46 bits per heavy atom. The van der Waals surface area contributed by atoms with Crippen LogP contribution in [0, 0.1) is 17.0 Å². The van der Waals surface area contributed by atoms with E-state index in [0.717, 1.165) is 16.4 Å². The van der Waals surface area contributed by atoms with Gasteiger partial charge >= 0.3 is 6.18 Å². The van der Waals surface area contributed by atoms with E-state index in [1.807, 2.05) is 0 Å². The monoisotopic (exact) mass is 414 g/mol. The van der Waals surface area contributed by atoms with E-state index in [0.29, 0.717) is 6.42 Å². The van der Waals surface area contributed by atoms with E-state index in [4.69, 9.17) is 0 Å². The molecule has 1 heterocycles. The summed E-state index contributed by atoms with van der Waals surface area (Å²) in [4.78, 5) is 10.1. The number of nitrogens with zero attached hydrogens (tertiary/aromatic N) is 2. The van der Waals surface area contributed by atoms with Gasteiger partial charge in [-0.25, -0.2) is 8.42 Å². The first-order valence-corrected chi connectivity index (χ1v) is 9.91. The Bertz CT molecular complexity index is 1020. The van der Waals surface area contributed by atoms with Gasteiger partial charge < -0.3 is 0 Å². The fraction of sp³-hybridized carbons (Fsp3) is 0.333. The number of halogens is 3. The van der Waals surface area contributed by atoms with Crippen molar-refractivity contribution in [3.8, 4) is 0 Å². The molecule has 150 valence electrons. The SMILES string of the molecule is Cc1cccc([N+](=O)[O-])c1S(=O)(=O)N1CCCC1c1ccccc1C(F)(F)F. The third-order valence-corrected chi connectivity index (χ3v) is 6.88. The van der Waals surface area contributed by atoms with E-state index in [-0.39, 0.29) is 24.1 Å². The third kappa shape index (κ3) is 3.49. The summed E-state index contributed by atoms with van der Waals surface area (Å²) >= 11 is 0. The molecule has 0 bridgehead atoms. The van der Waals surface area contributed by atoms with Crippen LogP contribution >= 0.6 is 0 Å². The zero-order chi connectivity index (χ0) is 20.7. The van der Waals surface area contributed by atoms with Gasteiger partial charge in [-0.3, -0.25) is 10.1 Å². The first-order valence-electron chi connectivity index (χ1n) is 8.47. The van der Waals surface area contributed by atoms with Crippen LogP contribution in [-0.2, 0) is 16.2 Å². The van der Waals surface area contributed by atoms with E-state index >= 15 is 0 Å². The molecule has 28 heavy (non-hydrogen) atoms. The molecule has 0 aliphatic carbocycles. The minimum Gasteiger partial charge on any atom is -0.258 e. The lowest BCUT2D eigenvalue weighted by Crippen LogP contribution is -2.32. The lowest BCUT2D eigenvalue weighted by Gasteiger charge is -2.27. The maximum Gasteiger partial charge on any atom is 0.416 e. The zero-order valence-corrected chi connectivity index (χ0v) is 15.6. The van der Waals surface area contributed by atoms with Crippen LogP contribution in [0.4, 0.5) is 18.9 Å². The van der Waals surface area contributed by atoms with Crippen LogP contribution in [0.3, 0.4) is 0 Å². The van der Waals surface area contributed by atoms with Gasteiger partial charge in [-0.05, 0) is 37.0 Å². The smallest absolute Gasteiger partial charge is 0.258 e. The lowest BCUT2D eigenvalue weighted by atomic mass is 9.99. The number of sulfonamides is 1. The van der Waals surface area contributed by atoms with Gasteiger partial charge in [-0.15, -0.1) is 0 Å². The second-order valence-corrected chi connectivity index (χ2v) is 8.37. The Kier molecular flexibility index (Phi) is 5.20. The van der Waals surface area contributed by atoms with Gasteiger partial charge in [0.25, 0.3) is 15.7 Å². The van der Waals surface area contributed by atoms with Crippen LogP contribution in [0.25, 0.3) is 0 Å². The topological polar surface area (TPSA) is 80.5 Å². The van der Waals surface area contributed by atoms with Gasteiger partial charge in [0, 0.05) is 12.6 Å². The molecule has 2 aromatic rings. The van der Waals surface area contributed by atoms with Crippen LogP contribution < -0.4 is 0 Å². The quantitative estimate of drug-likeness (QED) is 0.547. The van der Waals surface area contributed by atoms with Crippen molar-refractivity contribution in [2.24, 2.45) is 0 Å². The molecule has 1 saturated heterocycles. The molecule has 0 saturated carbocycles. The van der Waals surface area contributed by atoms with E-state index < -0.39 is 43.3 Å². The predicted octanol–water partition coefficient (Wildman–Crippen LogP) is 4.45. The van der Waals surface area contributed by atoms with Crippen LogP contribution in [-0.4, -0.2) is 24.2 Å². The van der Waals surface area contributed by atoms with Crippen molar-refractivity contribution in [1.82, 2.24) is 4.31 Å². The van der Waals surface area contributed by atoms with Gasteiger partial charge in [0.15, 0.2) is 4.90 Å². The Morgan fingerprint density at radius 2 is 1.82 bits per heavy atom. The molecule has 1 aliphatic rings. The highest BCUT2D eigenvalue weighted by atomic mass is 32.2. The molecular formula is C18H17F3N2O4S. The molecule has 0 amide bonds. The molecule has 1 atom stereocenters. The van der Waals surface area contributed by atoms with Crippen molar-refractivity contribution in [3.63, 3.8) is 0 Å². The Balaban J connectivity index is 2.14. The summed E-state index contributed by atoms with van der Waals surface area (Å²) in [7, 11) is -4.38. The van der Waals surface area contributed by atoms with Crippen molar-refractivity contribution >= 4 is 15.7 Å². The lowest BCUT2D eigenvalue weighted by molar-refractivity contribution is -0.387. The minimum absolute atomic E-state index is 0.00925. The van der Waals surface area contributed by atoms with E-state index in [2.05, 4.69) is 0 Å². The molecule has 3 rings (SSSR count). The molecule has 1 aliphatic heterocycles. The number of rotatable bonds is 4. The molecule has 1 fully saturated rings. The number of hydrogen-bond acceptors (Lipinski definition) is 4. The highest BCUT2D eigenvalue weighted by molar-refractivity contribution is 7.89.